The average Bonchev–Trinajstić information content (AvgIpc) is 2.27. The van der Waals surface area contributed by atoms with Crippen molar-refractivity contribution < 1.29 is 38.9 Å². The van der Waals surface area contributed by atoms with E-state index in [0.717, 1.165) is 12.1 Å². The average molecular weight is 322 g/mol. The van der Waals surface area contributed by atoms with Crippen molar-refractivity contribution in [3.63, 3.8) is 0 Å². The van der Waals surface area contributed by atoms with E-state index in [1.807, 2.05) is 0 Å². The molecule has 0 atom stereocenters. The van der Waals surface area contributed by atoms with E-state index in [-0.39, 0.29) is 0 Å². The van der Waals surface area contributed by atoms with Gasteiger partial charge in [0.25, 0.3) is 0 Å². The molecular weight excluding hydrogens is 314 g/mol. The molecule has 114 valence electrons. The summed E-state index contributed by atoms with van der Waals surface area (Å²) in [5, 5.41) is -6.10. The van der Waals surface area contributed by atoms with Gasteiger partial charge in [-0.2, -0.15) is 34.8 Å². The summed E-state index contributed by atoms with van der Waals surface area (Å²) in [6.07, 6.45) is 0. The van der Waals surface area contributed by atoms with Gasteiger partial charge in [-0.3, -0.25) is 0 Å². The van der Waals surface area contributed by atoms with Gasteiger partial charge in [-0.1, -0.05) is 18.2 Å². The lowest BCUT2D eigenvalue weighted by Crippen LogP contribution is -2.57. The van der Waals surface area contributed by atoms with Gasteiger partial charge in [0.1, 0.15) is 5.75 Å². The summed E-state index contributed by atoms with van der Waals surface area (Å²) < 4.78 is 103. The minimum absolute atomic E-state index is 0.515. The van der Waals surface area contributed by atoms with Gasteiger partial charge in [0, 0.05) is 6.92 Å². The molecule has 1 aromatic carbocycles. The summed E-state index contributed by atoms with van der Waals surface area (Å²) >= 11 is 0. The van der Waals surface area contributed by atoms with E-state index >= 15 is 0 Å². The highest BCUT2D eigenvalue weighted by molar-refractivity contribution is 7.88. The summed E-state index contributed by atoms with van der Waals surface area (Å²) in [6, 6.07) is 5.49. The van der Waals surface area contributed by atoms with Gasteiger partial charge in [0.2, 0.25) is 0 Å². The summed E-state index contributed by atoms with van der Waals surface area (Å²) in [7, 11) is -6.32. The first-order valence-corrected chi connectivity index (χ1v) is 6.36. The van der Waals surface area contributed by atoms with Gasteiger partial charge in [-0.15, -0.1) is 0 Å². The van der Waals surface area contributed by atoms with Crippen LogP contribution in [-0.2, 0) is 10.1 Å². The van der Waals surface area contributed by atoms with Crippen LogP contribution in [0, 0.1) is 0 Å². The lowest BCUT2D eigenvalue weighted by Gasteiger charge is -2.29. The fourth-order valence-corrected chi connectivity index (χ4v) is 2.03. The normalized spacial score (nSPS) is 14.2. The minimum Gasteiger partial charge on any atom is -0.378 e. The molecule has 0 aliphatic carbocycles. The second kappa shape index (κ2) is 4.83. The van der Waals surface area contributed by atoms with Crippen molar-refractivity contribution in [2.75, 3.05) is 0 Å². The van der Waals surface area contributed by atoms with E-state index < -0.39 is 39.9 Å². The Kier molecular flexibility index (Phi) is 4.01. The molecule has 1 aromatic rings. The van der Waals surface area contributed by atoms with Crippen LogP contribution in [-0.4, -0.2) is 25.5 Å². The van der Waals surface area contributed by atoms with Crippen molar-refractivity contribution >= 4 is 10.1 Å². The Balaban J connectivity index is 3.20. The van der Waals surface area contributed by atoms with E-state index in [0.29, 0.717) is 0 Å². The number of benzene rings is 1. The maximum absolute atomic E-state index is 13.2. The molecule has 0 spiro atoms. The fourth-order valence-electron chi connectivity index (χ4n) is 1.07. The van der Waals surface area contributed by atoms with Crippen LogP contribution >= 0.6 is 0 Å². The maximum atomic E-state index is 13.2. The van der Waals surface area contributed by atoms with Gasteiger partial charge < -0.3 is 4.18 Å². The second-order valence-electron chi connectivity index (χ2n) is 3.83. The Labute approximate surface area is 110 Å². The van der Waals surface area contributed by atoms with Crippen LogP contribution in [0.4, 0.5) is 26.3 Å². The van der Waals surface area contributed by atoms with Gasteiger partial charge in [0.15, 0.2) is 0 Å². The van der Waals surface area contributed by atoms with Crippen molar-refractivity contribution in [1.29, 1.82) is 0 Å². The SMILES string of the molecule is CC(F)(F)C(F)(F)C(F)(F)S(=O)(=O)Oc1ccccc1. The highest BCUT2D eigenvalue weighted by Gasteiger charge is 2.76. The summed E-state index contributed by atoms with van der Waals surface area (Å²) in [6.45, 7) is -0.515. The third kappa shape index (κ3) is 2.69. The standard InChI is InChI=1S/C10H8F6O3S/c1-8(11,12)9(13,14)10(15,16)20(17,18)19-7-5-3-2-4-6-7/h2-6H,1H3. The molecule has 0 radical (unpaired) electrons. The maximum Gasteiger partial charge on any atom is 0.449 e. The molecule has 0 saturated heterocycles. The third-order valence-corrected chi connectivity index (χ3v) is 3.48. The Hall–Kier alpha value is -1.45. The molecule has 10 heteroatoms. The largest absolute Gasteiger partial charge is 0.449 e. The molecule has 0 fully saturated rings. The Bertz CT molecular complexity index is 564. The highest BCUT2D eigenvalue weighted by atomic mass is 32.2. The smallest absolute Gasteiger partial charge is 0.378 e. The van der Waals surface area contributed by atoms with Crippen molar-refractivity contribution in [3.8, 4) is 5.75 Å². The van der Waals surface area contributed by atoms with E-state index in [4.69, 9.17) is 0 Å². The first-order chi connectivity index (χ1) is 8.83. The Morgan fingerprint density at radius 2 is 1.40 bits per heavy atom. The first kappa shape index (κ1) is 16.6. The van der Waals surface area contributed by atoms with Crippen LogP contribution in [0.5, 0.6) is 5.75 Å². The molecular formula is C10H8F6O3S. The molecule has 0 unspecified atom stereocenters. The second-order valence-corrected chi connectivity index (χ2v) is 5.42. The quantitative estimate of drug-likeness (QED) is 0.617. The zero-order valence-electron chi connectivity index (χ0n) is 9.79. The van der Waals surface area contributed by atoms with Gasteiger partial charge in [0.05, 0.1) is 0 Å². The minimum atomic E-state index is -6.32. The Morgan fingerprint density at radius 3 is 1.80 bits per heavy atom. The summed E-state index contributed by atoms with van der Waals surface area (Å²) in [5.41, 5.74) is 0. The molecule has 0 aliphatic rings. The van der Waals surface area contributed by atoms with Crippen molar-refractivity contribution in [2.45, 2.75) is 24.0 Å². The summed E-state index contributed by atoms with van der Waals surface area (Å²) in [5.74, 6) is -12.1. The van der Waals surface area contributed by atoms with Crippen LogP contribution in [0.25, 0.3) is 0 Å². The lowest BCUT2D eigenvalue weighted by molar-refractivity contribution is -0.272. The van der Waals surface area contributed by atoms with Gasteiger partial charge in [-0.25, -0.2) is 0 Å². The van der Waals surface area contributed by atoms with Crippen molar-refractivity contribution in [3.05, 3.63) is 30.3 Å². The molecule has 0 aliphatic heterocycles. The number of rotatable bonds is 5. The molecule has 3 nitrogen and oxygen atoms in total. The summed E-state index contributed by atoms with van der Waals surface area (Å²) in [4.78, 5) is 0. The monoisotopic (exact) mass is 322 g/mol. The topological polar surface area (TPSA) is 43.4 Å². The van der Waals surface area contributed by atoms with Gasteiger partial charge >= 0.3 is 27.2 Å². The number of hydrogen-bond acceptors (Lipinski definition) is 3. The Morgan fingerprint density at radius 1 is 0.950 bits per heavy atom. The number of halogens is 6. The molecule has 0 amide bonds. The zero-order chi connectivity index (χ0) is 15.8. The van der Waals surface area contributed by atoms with E-state index in [9.17, 15) is 34.8 Å². The van der Waals surface area contributed by atoms with E-state index in [1.54, 1.807) is 0 Å². The van der Waals surface area contributed by atoms with Crippen LogP contribution in [0.1, 0.15) is 6.92 Å². The number of alkyl halides is 6. The molecule has 0 N–H and O–H groups in total. The van der Waals surface area contributed by atoms with Crippen LogP contribution in [0.2, 0.25) is 0 Å². The third-order valence-electron chi connectivity index (χ3n) is 2.18. The highest BCUT2D eigenvalue weighted by Crippen LogP contribution is 2.48. The van der Waals surface area contributed by atoms with Crippen LogP contribution in [0.3, 0.4) is 0 Å². The number of para-hydroxylation sites is 1. The van der Waals surface area contributed by atoms with E-state index in [1.165, 1.54) is 18.2 Å². The van der Waals surface area contributed by atoms with Crippen molar-refractivity contribution in [1.82, 2.24) is 0 Å². The van der Waals surface area contributed by atoms with Crippen molar-refractivity contribution in [2.24, 2.45) is 0 Å². The molecule has 0 heterocycles. The molecule has 0 aromatic heterocycles. The molecule has 20 heavy (non-hydrogen) atoms. The fraction of sp³-hybridized carbons (Fsp3) is 0.400. The van der Waals surface area contributed by atoms with Gasteiger partial charge in [-0.05, 0) is 12.1 Å². The number of hydrogen-bond donors (Lipinski definition) is 0. The molecule has 1 rings (SSSR count). The molecule has 0 saturated carbocycles. The van der Waals surface area contributed by atoms with E-state index in [2.05, 4.69) is 4.18 Å². The predicted molar refractivity (Wildman–Crippen MR) is 56.5 cm³/mol. The molecule has 0 bridgehead atoms. The zero-order valence-corrected chi connectivity index (χ0v) is 10.6. The van der Waals surface area contributed by atoms with Crippen LogP contribution < -0.4 is 4.18 Å². The predicted octanol–water partition coefficient (Wildman–Crippen LogP) is 3.28. The van der Waals surface area contributed by atoms with Crippen LogP contribution in [0.15, 0.2) is 30.3 Å². The first-order valence-electron chi connectivity index (χ1n) is 4.95. The lowest BCUT2D eigenvalue weighted by atomic mass is 10.2.